The number of aromatic amines is 2. The minimum atomic E-state index is -0.221. The van der Waals surface area contributed by atoms with Gasteiger partial charge in [-0.2, -0.15) is 4.98 Å². The molecule has 1 fully saturated rings. The lowest BCUT2D eigenvalue weighted by atomic mass is 10.2. The number of hydrogen-bond donors (Lipinski definition) is 2. The molecule has 0 amide bonds. The summed E-state index contributed by atoms with van der Waals surface area (Å²) in [6.07, 6.45) is 1.91. The molecule has 8 nitrogen and oxygen atoms in total. The van der Waals surface area contributed by atoms with E-state index in [2.05, 4.69) is 21.0 Å². The summed E-state index contributed by atoms with van der Waals surface area (Å²) >= 11 is 0. The lowest BCUT2D eigenvalue weighted by Gasteiger charge is -2.27. The third kappa shape index (κ3) is 2.30. The van der Waals surface area contributed by atoms with Gasteiger partial charge in [0, 0.05) is 35.9 Å². The number of aromatic nitrogens is 5. The lowest BCUT2D eigenvalue weighted by Crippen LogP contribution is -2.38. The monoisotopic (exact) mass is 350 g/mol. The molecule has 4 heterocycles. The maximum absolute atomic E-state index is 12.6. The van der Waals surface area contributed by atoms with Crippen molar-refractivity contribution in [2.75, 3.05) is 31.2 Å². The Morgan fingerprint density at radius 2 is 2.00 bits per heavy atom. The van der Waals surface area contributed by atoms with Crippen LogP contribution in [0, 0.1) is 6.92 Å². The Kier molecular flexibility index (Phi) is 3.32. The predicted molar refractivity (Wildman–Crippen MR) is 99.1 cm³/mol. The Bertz CT molecular complexity index is 1170. The summed E-state index contributed by atoms with van der Waals surface area (Å²) < 4.78 is 7.32. The van der Waals surface area contributed by atoms with Gasteiger partial charge >= 0.3 is 0 Å². The zero-order valence-electron chi connectivity index (χ0n) is 14.3. The van der Waals surface area contributed by atoms with Crippen LogP contribution in [0.1, 0.15) is 5.82 Å². The number of nitrogens with one attached hydrogen (secondary N) is 2. The van der Waals surface area contributed by atoms with Gasteiger partial charge in [0.1, 0.15) is 5.82 Å². The molecule has 0 aliphatic carbocycles. The van der Waals surface area contributed by atoms with Gasteiger partial charge < -0.3 is 14.6 Å². The maximum Gasteiger partial charge on any atom is 0.280 e. The van der Waals surface area contributed by atoms with Crippen molar-refractivity contribution in [3.05, 3.63) is 46.6 Å². The van der Waals surface area contributed by atoms with E-state index in [0.29, 0.717) is 43.4 Å². The number of benzene rings is 1. The van der Waals surface area contributed by atoms with Crippen LogP contribution >= 0.6 is 0 Å². The van der Waals surface area contributed by atoms with Gasteiger partial charge in [-0.05, 0) is 31.2 Å². The molecule has 4 aromatic rings. The highest BCUT2D eigenvalue weighted by atomic mass is 16.5. The summed E-state index contributed by atoms with van der Waals surface area (Å²) in [6.45, 7) is 4.55. The topological polar surface area (TPSA) is 91.8 Å². The SMILES string of the molecule is Cc1nc2c(=O)[nH]c(N3CCOCC3)nc2n1-c1ccc2[nH]ccc2c1. The third-order valence-electron chi connectivity index (χ3n) is 4.78. The highest BCUT2D eigenvalue weighted by Crippen LogP contribution is 2.23. The first-order valence-electron chi connectivity index (χ1n) is 8.60. The molecule has 1 aliphatic heterocycles. The number of aryl methyl sites for hydroxylation is 1. The molecule has 0 saturated carbocycles. The van der Waals surface area contributed by atoms with E-state index in [4.69, 9.17) is 9.72 Å². The molecule has 1 aliphatic rings. The zero-order chi connectivity index (χ0) is 17.7. The summed E-state index contributed by atoms with van der Waals surface area (Å²) in [7, 11) is 0. The summed E-state index contributed by atoms with van der Waals surface area (Å²) in [4.78, 5) is 29.8. The molecule has 0 radical (unpaired) electrons. The zero-order valence-corrected chi connectivity index (χ0v) is 14.3. The van der Waals surface area contributed by atoms with Crippen LogP contribution < -0.4 is 10.5 Å². The molecular formula is C18H18N6O2. The summed E-state index contributed by atoms with van der Waals surface area (Å²) in [6, 6.07) is 8.11. The molecule has 0 spiro atoms. The number of hydrogen-bond acceptors (Lipinski definition) is 5. The third-order valence-corrected chi connectivity index (χ3v) is 4.78. The molecule has 26 heavy (non-hydrogen) atoms. The highest BCUT2D eigenvalue weighted by molar-refractivity contribution is 5.83. The van der Waals surface area contributed by atoms with E-state index in [9.17, 15) is 4.79 Å². The van der Waals surface area contributed by atoms with E-state index >= 15 is 0 Å². The molecule has 1 aromatic carbocycles. The number of H-pyrrole nitrogens is 2. The van der Waals surface area contributed by atoms with Gasteiger partial charge in [-0.15, -0.1) is 0 Å². The average Bonchev–Trinajstić information content (AvgIpc) is 3.25. The van der Waals surface area contributed by atoms with Crippen LogP contribution in [0.15, 0.2) is 35.3 Å². The van der Waals surface area contributed by atoms with Crippen LogP contribution in [0.4, 0.5) is 5.95 Å². The number of fused-ring (bicyclic) bond motifs is 2. The number of ether oxygens (including phenoxy) is 1. The summed E-state index contributed by atoms with van der Waals surface area (Å²) in [5.41, 5.74) is 2.70. The van der Waals surface area contributed by atoms with E-state index < -0.39 is 0 Å². The maximum atomic E-state index is 12.6. The molecular weight excluding hydrogens is 332 g/mol. The fraction of sp³-hybridized carbons (Fsp3) is 0.278. The van der Waals surface area contributed by atoms with Crippen molar-refractivity contribution in [2.45, 2.75) is 6.92 Å². The second kappa shape index (κ2) is 5.70. The Hall–Kier alpha value is -3.13. The minimum absolute atomic E-state index is 0.221. The first-order chi connectivity index (χ1) is 12.7. The second-order valence-electron chi connectivity index (χ2n) is 6.40. The molecule has 2 N–H and O–H groups in total. The Labute approximate surface area is 148 Å². The van der Waals surface area contributed by atoms with Crippen molar-refractivity contribution in [2.24, 2.45) is 0 Å². The van der Waals surface area contributed by atoms with Gasteiger partial charge in [-0.25, -0.2) is 4.98 Å². The number of rotatable bonds is 2. The van der Waals surface area contributed by atoms with Crippen molar-refractivity contribution in [3.8, 4) is 5.69 Å². The number of morpholine rings is 1. The molecule has 132 valence electrons. The smallest absolute Gasteiger partial charge is 0.280 e. The average molecular weight is 350 g/mol. The molecule has 0 bridgehead atoms. The van der Waals surface area contributed by atoms with Crippen LogP contribution in [0.5, 0.6) is 0 Å². The number of imidazole rings is 1. The largest absolute Gasteiger partial charge is 0.378 e. The Morgan fingerprint density at radius 3 is 2.85 bits per heavy atom. The van der Waals surface area contributed by atoms with Crippen LogP contribution in [0.2, 0.25) is 0 Å². The minimum Gasteiger partial charge on any atom is -0.378 e. The van der Waals surface area contributed by atoms with Crippen LogP contribution in [0.3, 0.4) is 0 Å². The van der Waals surface area contributed by atoms with Gasteiger partial charge in [-0.3, -0.25) is 14.3 Å². The van der Waals surface area contributed by atoms with E-state index in [1.165, 1.54) is 0 Å². The Balaban J connectivity index is 1.72. The van der Waals surface area contributed by atoms with E-state index in [-0.39, 0.29) is 5.56 Å². The number of anilines is 1. The van der Waals surface area contributed by atoms with Crippen molar-refractivity contribution in [1.82, 2.24) is 24.5 Å². The first kappa shape index (κ1) is 15.2. The van der Waals surface area contributed by atoms with E-state index in [0.717, 1.165) is 22.4 Å². The highest BCUT2D eigenvalue weighted by Gasteiger charge is 2.19. The van der Waals surface area contributed by atoms with E-state index in [1.807, 2.05) is 40.8 Å². The fourth-order valence-corrected chi connectivity index (χ4v) is 3.48. The van der Waals surface area contributed by atoms with Crippen molar-refractivity contribution in [1.29, 1.82) is 0 Å². The van der Waals surface area contributed by atoms with Gasteiger partial charge in [0.05, 0.1) is 13.2 Å². The fourth-order valence-electron chi connectivity index (χ4n) is 3.48. The quantitative estimate of drug-likeness (QED) is 0.574. The van der Waals surface area contributed by atoms with Gasteiger partial charge in [0.25, 0.3) is 5.56 Å². The molecule has 0 atom stereocenters. The van der Waals surface area contributed by atoms with Crippen LogP contribution in [-0.4, -0.2) is 50.8 Å². The van der Waals surface area contributed by atoms with Crippen LogP contribution in [-0.2, 0) is 4.74 Å². The molecule has 1 saturated heterocycles. The first-order valence-corrected chi connectivity index (χ1v) is 8.60. The number of nitrogens with zero attached hydrogens (tertiary/aromatic N) is 4. The molecule has 5 rings (SSSR count). The van der Waals surface area contributed by atoms with Crippen molar-refractivity contribution >= 4 is 28.0 Å². The summed E-state index contributed by atoms with van der Waals surface area (Å²) in [5.74, 6) is 1.29. The normalized spacial score (nSPS) is 15.2. The second-order valence-corrected chi connectivity index (χ2v) is 6.40. The standard InChI is InChI=1S/C18H18N6O2/c1-11-20-15-16(21-18(22-17(15)25)23-6-8-26-9-7-23)24(11)13-2-3-14-12(10-13)4-5-19-14/h2-5,10,19H,6-9H2,1H3,(H,21,22,25). The van der Waals surface area contributed by atoms with Crippen molar-refractivity contribution < 1.29 is 4.74 Å². The summed E-state index contributed by atoms with van der Waals surface area (Å²) in [5, 5.41) is 1.10. The van der Waals surface area contributed by atoms with Crippen molar-refractivity contribution in [3.63, 3.8) is 0 Å². The van der Waals surface area contributed by atoms with Gasteiger partial charge in [0.2, 0.25) is 5.95 Å². The molecule has 3 aromatic heterocycles. The lowest BCUT2D eigenvalue weighted by molar-refractivity contribution is 0.122. The van der Waals surface area contributed by atoms with Crippen LogP contribution in [0.25, 0.3) is 27.8 Å². The molecule has 8 heteroatoms. The Morgan fingerprint density at radius 1 is 1.15 bits per heavy atom. The van der Waals surface area contributed by atoms with Gasteiger partial charge in [0.15, 0.2) is 11.2 Å². The predicted octanol–water partition coefficient (Wildman–Crippen LogP) is 1.74. The van der Waals surface area contributed by atoms with Gasteiger partial charge in [-0.1, -0.05) is 0 Å². The van der Waals surface area contributed by atoms with E-state index in [1.54, 1.807) is 0 Å². The molecule has 0 unspecified atom stereocenters.